The van der Waals surface area contributed by atoms with Crippen molar-refractivity contribution in [2.75, 3.05) is 0 Å². The molecule has 0 nitrogen and oxygen atoms in total. The van der Waals surface area contributed by atoms with Crippen LogP contribution in [0.1, 0.15) is 61.6 Å². The number of benzene rings is 6. The highest BCUT2D eigenvalue weighted by Crippen LogP contribution is 2.35. The van der Waals surface area contributed by atoms with Crippen molar-refractivity contribution in [3.8, 4) is 22.3 Å². The highest BCUT2D eigenvalue weighted by atomic mass is 14.3. The molecule has 51 heavy (non-hydrogen) atoms. The van der Waals surface area contributed by atoms with Crippen molar-refractivity contribution in [3.63, 3.8) is 0 Å². The maximum Gasteiger partial charge on any atom is 0.0217 e. The maximum absolute atomic E-state index is 2.55. The molecule has 2 aliphatic rings. The van der Waals surface area contributed by atoms with E-state index in [0.717, 1.165) is 12.8 Å². The van der Waals surface area contributed by atoms with Crippen molar-refractivity contribution in [2.24, 2.45) is 0 Å². The monoisotopic (exact) mass is 658 g/mol. The Hall–Kier alpha value is -5.46. The molecule has 0 amide bonds. The Balaban J connectivity index is 1.55. The van der Waals surface area contributed by atoms with E-state index < -0.39 is 0 Å². The first-order chi connectivity index (χ1) is 24.7. The fourth-order valence-electron chi connectivity index (χ4n) is 9.04. The van der Waals surface area contributed by atoms with E-state index in [1.165, 1.54) is 104 Å². The number of aryl methyl sites for hydroxylation is 6. The van der Waals surface area contributed by atoms with Crippen LogP contribution < -0.4 is 10.4 Å². The molecule has 0 atom stereocenters. The minimum Gasteiger partial charge on any atom is -0.0732 e. The lowest BCUT2D eigenvalue weighted by Gasteiger charge is -2.22. The van der Waals surface area contributed by atoms with Gasteiger partial charge in [0.15, 0.2) is 0 Å². The van der Waals surface area contributed by atoms with Crippen molar-refractivity contribution < 1.29 is 0 Å². The second kappa shape index (κ2) is 13.3. The van der Waals surface area contributed by atoms with Crippen LogP contribution in [0, 0.1) is 52.0 Å². The van der Waals surface area contributed by atoms with Crippen LogP contribution in [0.15, 0.2) is 133 Å². The van der Waals surface area contributed by atoms with Gasteiger partial charge in [0.2, 0.25) is 0 Å². The summed E-state index contributed by atoms with van der Waals surface area (Å²) in [6, 6.07) is 41.2. The zero-order valence-electron chi connectivity index (χ0n) is 30.8. The first kappa shape index (κ1) is 32.7. The summed E-state index contributed by atoms with van der Waals surface area (Å²) < 4.78 is 0. The van der Waals surface area contributed by atoms with E-state index in [4.69, 9.17) is 0 Å². The van der Waals surface area contributed by atoms with Gasteiger partial charge in [-0.3, -0.25) is 0 Å². The first-order valence-electron chi connectivity index (χ1n) is 18.4. The van der Waals surface area contributed by atoms with Gasteiger partial charge in [-0.2, -0.15) is 0 Å². The van der Waals surface area contributed by atoms with Gasteiger partial charge < -0.3 is 0 Å². The molecular weight excluding hydrogens is 613 g/mol. The molecule has 0 bridgehead atoms. The minimum absolute atomic E-state index is 0.188. The summed E-state index contributed by atoms with van der Waals surface area (Å²) in [5.74, 6) is 0.188. The lowest BCUT2D eigenvalue weighted by molar-refractivity contribution is 1.05. The van der Waals surface area contributed by atoms with Crippen LogP contribution >= 0.6 is 0 Å². The molecule has 0 N–H and O–H groups in total. The standard InChI is InChI=1S/C51H46/c1-32-23-34(3)48(35(4)24-32)42-22-21-41-29-46-45(44(41)30-42)31-47(49-36(5)25-33(2)26-37(49)6)51(50(46)40-19-13-14-20-40)43(27-38-15-9-7-10-16-38)28-39-17-11-8-12-18-39/h7-26,29-31,40H,27-28H2,1-6H3. The van der Waals surface area contributed by atoms with Gasteiger partial charge in [-0.25, -0.2) is 0 Å². The number of hydrogen-bond acceptors (Lipinski definition) is 0. The lowest BCUT2D eigenvalue weighted by Crippen LogP contribution is -2.23. The zero-order chi connectivity index (χ0) is 35.2. The van der Waals surface area contributed by atoms with Crippen molar-refractivity contribution in [1.82, 2.24) is 0 Å². The van der Waals surface area contributed by atoms with Gasteiger partial charge in [-0.05, 0) is 160 Å². The number of rotatable bonds is 7. The molecule has 0 aromatic heterocycles. The third kappa shape index (κ3) is 6.14. The molecule has 0 aliphatic heterocycles. The van der Waals surface area contributed by atoms with E-state index in [1.807, 2.05) is 0 Å². The lowest BCUT2D eigenvalue weighted by atomic mass is 9.81. The van der Waals surface area contributed by atoms with Crippen LogP contribution in [-0.4, -0.2) is 0 Å². The SMILES string of the molecule is Cc1cc(C)c(-c2ccc3c(c2)=c2cc(-c4c(C)cc(C)cc4C)c(=C(Cc4ccccc4)Cc4ccccc4)c(C4C=CC=C4)c2C=3)c(C)c1. The predicted octanol–water partition coefficient (Wildman–Crippen LogP) is 11.1. The molecule has 2 aliphatic carbocycles. The van der Waals surface area contributed by atoms with Crippen LogP contribution in [0.5, 0.6) is 0 Å². The summed E-state index contributed by atoms with van der Waals surface area (Å²) >= 11 is 0. The molecule has 0 saturated carbocycles. The molecule has 0 radical (unpaired) electrons. The molecule has 0 spiro atoms. The van der Waals surface area contributed by atoms with Crippen molar-refractivity contribution in [2.45, 2.75) is 60.3 Å². The fraction of sp³-hybridized carbons (Fsp3) is 0.176. The first-order valence-corrected chi connectivity index (χ1v) is 18.4. The summed E-state index contributed by atoms with van der Waals surface area (Å²) in [4.78, 5) is 0. The molecule has 250 valence electrons. The summed E-state index contributed by atoms with van der Waals surface area (Å²) in [6.07, 6.45) is 13.5. The van der Waals surface area contributed by atoms with Gasteiger partial charge >= 0.3 is 0 Å². The van der Waals surface area contributed by atoms with Crippen LogP contribution in [0.25, 0.3) is 33.9 Å². The van der Waals surface area contributed by atoms with Crippen LogP contribution in [0.3, 0.4) is 0 Å². The van der Waals surface area contributed by atoms with Gasteiger partial charge in [0.25, 0.3) is 0 Å². The van der Waals surface area contributed by atoms with Gasteiger partial charge in [0.1, 0.15) is 0 Å². The summed E-state index contributed by atoms with van der Waals surface area (Å²) in [7, 11) is 0. The van der Waals surface area contributed by atoms with Crippen molar-refractivity contribution in [3.05, 3.63) is 210 Å². The van der Waals surface area contributed by atoms with E-state index in [2.05, 4.69) is 181 Å². The average molecular weight is 659 g/mol. The summed E-state index contributed by atoms with van der Waals surface area (Å²) in [5.41, 5.74) is 20.2. The molecule has 0 fully saturated rings. The Bertz CT molecular complexity index is 2510. The van der Waals surface area contributed by atoms with E-state index in [1.54, 1.807) is 0 Å². The highest BCUT2D eigenvalue weighted by molar-refractivity contribution is 5.80. The van der Waals surface area contributed by atoms with Crippen molar-refractivity contribution >= 4 is 11.6 Å². The van der Waals surface area contributed by atoms with E-state index >= 15 is 0 Å². The molecule has 0 heterocycles. The number of allylic oxidation sites excluding steroid dienone is 4. The zero-order valence-corrected chi connectivity index (χ0v) is 30.8. The second-order valence-electron chi connectivity index (χ2n) is 14.9. The van der Waals surface area contributed by atoms with Crippen molar-refractivity contribution in [1.29, 1.82) is 0 Å². The Morgan fingerprint density at radius 3 is 1.61 bits per heavy atom. The van der Waals surface area contributed by atoms with E-state index in [0.29, 0.717) is 0 Å². The maximum atomic E-state index is 2.55. The predicted molar refractivity (Wildman–Crippen MR) is 217 cm³/mol. The molecule has 6 aromatic rings. The summed E-state index contributed by atoms with van der Waals surface area (Å²) in [5, 5.41) is 5.38. The normalized spacial score (nSPS) is 13.0. The molecular formula is C51H46. The highest BCUT2D eigenvalue weighted by Gasteiger charge is 2.24. The number of hydrogen-bond donors (Lipinski definition) is 0. The molecule has 0 saturated heterocycles. The summed E-state index contributed by atoms with van der Waals surface area (Å²) in [6.45, 7) is 13.5. The Kier molecular flexibility index (Phi) is 8.56. The topological polar surface area (TPSA) is 0 Å². The minimum atomic E-state index is 0.188. The molecule has 0 unspecified atom stereocenters. The van der Waals surface area contributed by atoms with Gasteiger partial charge in [-0.15, -0.1) is 0 Å². The third-order valence-corrected chi connectivity index (χ3v) is 10.9. The molecule has 8 rings (SSSR count). The van der Waals surface area contributed by atoms with Crippen LogP contribution in [0.4, 0.5) is 0 Å². The molecule has 0 heteroatoms. The average Bonchev–Trinajstić information content (AvgIpc) is 3.76. The second-order valence-corrected chi connectivity index (χ2v) is 14.9. The quantitative estimate of drug-likeness (QED) is 0.160. The Morgan fingerprint density at radius 1 is 0.529 bits per heavy atom. The Labute approximate surface area is 303 Å². The Morgan fingerprint density at radius 2 is 1.06 bits per heavy atom. The smallest absolute Gasteiger partial charge is 0.0217 e. The van der Waals surface area contributed by atoms with E-state index in [-0.39, 0.29) is 5.92 Å². The van der Waals surface area contributed by atoms with Crippen LogP contribution in [0.2, 0.25) is 0 Å². The third-order valence-electron chi connectivity index (χ3n) is 10.9. The van der Waals surface area contributed by atoms with E-state index in [9.17, 15) is 0 Å². The fourth-order valence-corrected chi connectivity index (χ4v) is 9.04. The van der Waals surface area contributed by atoms with Gasteiger partial charge in [0.05, 0.1) is 0 Å². The van der Waals surface area contributed by atoms with Crippen LogP contribution in [-0.2, 0) is 12.8 Å². The molecule has 6 aromatic carbocycles. The largest absolute Gasteiger partial charge is 0.0732 e. The van der Waals surface area contributed by atoms with Gasteiger partial charge in [-0.1, -0.05) is 138 Å². The number of fused-ring (bicyclic) bond motifs is 2. The van der Waals surface area contributed by atoms with Gasteiger partial charge in [0, 0.05) is 5.92 Å².